The highest BCUT2D eigenvalue weighted by Gasteiger charge is 2.07. The fourth-order valence-corrected chi connectivity index (χ4v) is 3.46. The van der Waals surface area contributed by atoms with Crippen molar-refractivity contribution in [2.75, 3.05) is 30.5 Å². The molecule has 0 radical (unpaired) electrons. The maximum absolute atomic E-state index is 12.3. The van der Waals surface area contributed by atoms with E-state index in [9.17, 15) is 4.79 Å². The van der Waals surface area contributed by atoms with Gasteiger partial charge in [-0.25, -0.2) is 0 Å². The number of rotatable bonds is 10. The van der Waals surface area contributed by atoms with Crippen LogP contribution >= 0.6 is 11.8 Å². The third kappa shape index (κ3) is 6.88. The fourth-order valence-electron chi connectivity index (χ4n) is 2.85. The van der Waals surface area contributed by atoms with Crippen LogP contribution in [0.4, 0.5) is 5.69 Å². The SMILES string of the molecule is COc1ccc(OCCSCC(=O)Nc2ccccc2Cc2ccccc2)cc1. The van der Waals surface area contributed by atoms with Gasteiger partial charge in [-0.15, -0.1) is 11.8 Å². The van der Waals surface area contributed by atoms with E-state index in [-0.39, 0.29) is 5.91 Å². The Morgan fingerprint density at radius 2 is 1.59 bits per heavy atom. The van der Waals surface area contributed by atoms with E-state index >= 15 is 0 Å². The zero-order valence-corrected chi connectivity index (χ0v) is 17.3. The van der Waals surface area contributed by atoms with E-state index in [1.807, 2.05) is 60.7 Å². The van der Waals surface area contributed by atoms with Crippen LogP contribution in [0, 0.1) is 0 Å². The molecular weight excluding hydrogens is 382 g/mol. The quantitative estimate of drug-likeness (QED) is 0.479. The normalized spacial score (nSPS) is 10.4. The summed E-state index contributed by atoms with van der Waals surface area (Å²) in [6.45, 7) is 0.550. The van der Waals surface area contributed by atoms with Crippen LogP contribution in [0.1, 0.15) is 11.1 Å². The number of methoxy groups -OCH3 is 1. The van der Waals surface area contributed by atoms with Crippen molar-refractivity contribution in [3.05, 3.63) is 90.0 Å². The summed E-state index contributed by atoms with van der Waals surface area (Å²) < 4.78 is 10.8. The first-order chi connectivity index (χ1) is 14.2. The van der Waals surface area contributed by atoms with Crippen LogP contribution in [0.15, 0.2) is 78.9 Å². The fraction of sp³-hybridized carbons (Fsp3) is 0.208. The Kier molecular flexibility index (Phi) is 8.01. The Labute approximate surface area is 176 Å². The van der Waals surface area contributed by atoms with Gasteiger partial charge in [-0.3, -0.25) is 4.79 Å². The van der Waals surface area contributed by atoms with Gasteiger partial charge in [-0.2, -0.15) is 0 Å². The lowest BCUT2D eigenvalue weighted by Crippen LogP contribution is -2.16. The molecule has 0 saturated carbocycles. The highest BCUT2D eigenvalue weighted by molar-refractivity contribution is 7.99. The minimum absolute atomic E-state index is 0.0000378. The van der Waals surface area contributed by atoms with Gasteiger partial charge in [-0.1, -0.05) is 48.5 Å². The third-order valence-electron chi connectivity index (χ3n) is 4.32. The van der Waals surface area contributed by atoms with Crippen LogP contribution in [0.25, 0.3) is 0 Å². The average molecular weight is 408 g/mol. The van der Waals surface area contributed by atoms with Gasteiger partial charge < -0.3 is 14.8 Å². The van der Waals surface area contributed by atoms with Crippen molar-refractivity contribution in [2.45, 2.75) is 6.42 Å². The van der Waals surface area contributed by atoms with Crippen LogP contribution in [0.3, 0.4) is 0 Å². The number of nitrogens with one attached hydrogen (secondary N) is 1. The number of ether oxygens (including phenoxy) is 2. The molecular formula is C24H25NO3S. The summed E-state index contributed by atoms with van der Waals surface area (Å²) in [7, 11) is 1.64. The number of thioether (sulfide) groups is 1. The van der Waals surface area contributed by atoms with Crippen molar-refractivity contribution in [2.24, 2.45) is 0 Å². The maximum Gasteiger partial charge on any atom is 0.234 e. The second-order valence-electron chi connectivity index (χ2n) is 6.44. The number of benzene rings is 3. The first kappa shape index (κ1) is 20.8. The van der Waals surface area contributed by atoms with Gasteiger partial charge in [0.2, 0.25) is 5.91 Å². The molecule has 3 aromatic rings. The smallest absolute Gasteiger partial charge is 0.234 e. The van der Waals surface area contributed by atoms with Crippen molar-refractivity contribution in [1.29, 1.82) is 0 Å². The Bertz CT molecular complexity index is 898. The summed E-state index contributed by atoms with van der Waals surface area (Å²) >= 11 is 1.56. The molecule has 4 nitrogen and oxygen atoms in total. The Morgan fingerprint density at radius 3 is 2.34 bits per heavy atom. The van der Waals surface area contributed by atoms with E-state index in [0.717, 1.165) is 34.9 Å². The van der Waals surface area contributed by atoms with Crippen LogP contribution < -0.4 is 14.8 Å². The molecule has 150 valence electrons. The van der Waals surface area contributed by atoms with E-state index in [2.05, 4.69) is 23.5 Å². The Hall–Kier alpha value is -2.92. The topological polar surface area (TPSA) is 47.6 Å². The highest BCUT2D eigenvalue weighted by Crippen LogP contribution is 2.20. The van der Waals surface area contributed by atoms with E-state index < -0.39 is 0 Å². The van der Waals surface area contributed by atoms with Crippen LogP contribution in [0.5, 0.6) is 11.5 Å². The lowest BCUT2D eigenvalue weighted by molar-refractivity contribution is -0.113. The average Bonchev–Trinajstić information content (AvgIpc) is 2.76. The third-order valence-corrected chi connectivity index (χ3v) is 5.24. The summed E-state index contributed by atoms with van der Waals surface area (Å²) in [6.07, 6.45) is 0.792. The molecule has 0 atom stereocenters. The molecule has 1 N–H and O–H groups in total. The summed E-state index contributed by atoms with van der Waals surface area (Å²) in [6, 6.07) is 25.7. The van der Waals surface area contributed by atoms with Crippen molar-refractivity contribution in [1.82, 2.24) is 0 Å². The second kappa shape index (κ2) is 11.2. The lowest BCUT2D eigenvalue weighted by atomic mass is 10.0. The minimum atomic E-state index is -0.0000378. The van der Waals surface area contributed by atoms with Crippen molar-refractivity contribution in [3.8, 4) is 11.5 Å². The van der Waals surface area contributed by atoms with E-state index in [0.29, 0.717) is 12.4 Å². The summed E-state index contributed by atoms with van der Waals surface area (Å²) in [4.78, 5) is 12.3. The van der Waals surface area contributed by atoms with Gasteiger partial charge in [0.15, 0.2) is 0 Å². The molecule has 29 heavy (non-hydrogen) atoms. The summed E-state index contributed by atoms with van der Waals surface area (Å²) in [5.41, 5.74) is 3.20. The number of amides is 1. The molecule has 1 amide bonds. The largest absolute Gasteiger partial charge is 0.497 e. The predicted molar refractivity (Wildman–Crippen MR) is 120 cm³/mol. The standard InChI is InChI=1S/C24H25NO3S/c1-27-21-11-13-22(14-12-21)28-15-16-29-18-24(26)25-23-10-6-5-9-20(23)17-19-7-3-2-4-8-19/h2-14H,15-18H2,1H3,(H,25,26). The monoisotopic (exact) mass is 407 g/mol. The van der Waals surface area contributed by atoms with Gasteiger partial charge >= 0.3 is 0 Å². The molecule has 0 bridgehead atoms. The number of hydrogen-bond donors (Lipinski definition) is 1. The van der Waals surface area contributed by atoms with E-state index in [1.54, 1.807) is 18.9 Å². The van der Waals surface area contributed by atoms with Crippen molar-refractivity contribution < 1.29 is 14.3 Å². The van der Waals surface area contributed by atoms with Gasteiger partial charge in [0.05, 0.1) is 19.5 Å². The zero-order valence-electron chi connectivity index (χ0n) is 16.5. The molecule has 0 heterocycles. The first-order valence-electron chi connectivity index (χ1n) is 9.51. The summed E-state index contributed by atoms with van der Waals surface area (Å²) in [5.74, 6) is 2.73. The van der Waals surface area contributed by atoms with Crippen LogP contribution in [0.2, 0.25) is 0 Å². The molecule has 0 fully saturated rings. The lowest BCUT2D eigenvalue weighted by Gasteiger charge is -2.11. The van der Waals surface area contributed by atoms with Gasteiger partial charge in [0.1, 0.15) is 11.5 Å². The maximum atomic E-state index is 12.3. The molecule has 0 aliphatic heterocycles. The predicted octanol–water partition coefficient (Wildman–Crippen LogP) is 5.04. The molecule has 0 saturated heterocycles. The number of anilines is 1. The molecule has 3 aromatic carbocycles. The van der Waals surface area contributed by atoms with Gasteiger partial charge in [-0.05, 0) is 47.9 Å². The Balaban J connectivity index is 1.41. The molecule has 0 aliphatic carbocycles. The van der Waals surface area contributed by atoms with Gasteiger partial charge in [0.25, 0.3) is 0 Å². The number of carbonyl (C=O) groups is 1. The van der Waals surface area contributed by atoms with Crippen molar-refractivity contribution in [3.63, 3.8) is 0 Å². The van der Waals surface area contributed by atoms with Gasteiger partial charge in [0, 0.05) is 11.4 Å². The van der Waals surface area contributed by atoms with Crippen LogP contribution in [-0.4, -0.2) is 31.1 Å². The van der Waals surface area contributed by atoms with Crippen LogP contribution in [-0.2, 0) is 11.2 Å². The molecule has 3 rings (SSSR count). The summed E-state index contributed by atoms with van der Waals surface area (Å²) in [5, 5.41) is 3.04. The molecule has 5 heteroatoms. The number of para-hydroxylation sites is 1. The van der Waals surface area contributed by atoms with E-state index in [1.165, 1.54) is 5.56 Å². The highest BCUT2D eigenvalue weighted by atomic mass is 32.2. The first-order valence-corrected chi connectivity index (χ1v) is 10.7. The molecule has 0 aromatic heterocycles. The number of carbonyl (C=O) groups excluding carboxylic acids is 1. The molecule has 0 aliphatic rings. The second-order valence-corrected chi connectivity index (χ2v) is 7.55. The molecule has 0 unspecified atom stereocenters. The molecule has 0 spiro atoms. The van der Waals surface area contributed by atoms with E-state index in [4.69, 9.17) is 9.47 Å². The Morgan fingerprint density at radius 1 is 0.897 bits per heavy atom. The zero-order chi connectivity index (χ0) is 20.3. The minimum Gasteiger partial charge on any atom is -0.497 e. The van der Waals surface area contributed by atoms with Crippen molar-refractivity contribution >= 4 is 23.4 Å². The number of hydrogen-bond acceptors (Lipinski definition) is 4.